The molecular formula is C14H25N3O. The van der Waals surface area contributed by atoms with Gasteiger partial charge in [0.25, 0.3) is 0 Å². The average Bonchev–Trinajstić information content (AvgIpc) is 2.90. The quantitative estimate of drug-likeness (QED) is 0.722. The minimum Gasteiger partial charge on any atom is -0.382 e. The van der Waals surface area contributed by atoms with Crippen LogP contribution in [0.4, 0.5) is 5.95 Å². The van der Waals surface area contributed by atoms with Crippen molar-refractivity contribution in [2.24, 2.45) is 11.8 Å². The summed E-state index contributed by atoms with van der Waals surface area (Å²) in [6.45, 7) is 10.1. The Morgan fingerprint density at radius 3 is 3.00 bits per heavy atom. The monoisotopic (exact) mass is 251 g/mol. The van der Waals surface area contributed by atoms with Crippen molar-refractivity contribution in [3.05, 3.63) is 11.9 Å². The molecule has 102 valence electrons. The molecule has 4 heteroatoms. The van der Waals surface area contributed by atoms with E-state index in [-0.39, 0.29) is 0 Å². The highest BCUT2D eigenvalue weighted by Gasteiger charge is 2.33. The minimum atomic E-state index is 0.799. The zero-order valence-corrected chi connectivity index (χ0v) is 11.8. The fourth-order valence-electron chi connectivity index (χ4n) is 2.25. The maximum atomic E-state index is 5.33. The van der Waals surface area contributed by atoms with Crippen LogP contribution in [0.1, 0.15) is 32.4 Å². The number of aromatic nitrogens is 2. The first-order valence-electron chi connectivity index (χ1n) is 7.06. The lowest BCUT2D eigenvalue weighted by atomic mass is 10.3. The first kappa shape index (κ1) is 13.4. The number of hydrogen-bond donors (Lipinski definition) is 1. The van der Waals surface area contributed by atoms with Crippen LogP contribution in [0.25, 0.3) is 0 Å². The Balaban J connectivity index is 1.79. The molecule has 0 bridgehead atoms. The Morgan fingerprint density at radius 2 is 2.33 bits per heavy atom. The van der Waals surface area contributed by atoms with Crippen molar-refractivity contribution in [2.75, 3.05) is 25.1 Å². The average molecular weight is 251 g/mol. The number of aryl methyl sites for hydroxylation is 1. The minimum absolute atomic E-state index is 0.799. The number of nitrogens with one attached hydrogen (secondary N) is 1. The van der Waals surface area contributed by atoms with Gasteiger partial charge in [0.15, 0.2) is 0 Å². The van der Waals surface area contributed by atoms with E-state index >= 15 is 0 Å². The van der Waals surface area contributed by atoms with Gasteiger partial charge in [-0.25, -0.2) is 4.98 Å². The molecule has 1 aliphatic carbocycles. The second-order valence-electron chi connectivity index (χ2n) is 5.31. The lowest BCUT2D eigenvalue weighted by molar-refractivity contribution is 0.147. The van der Waals surface area contributed by atoms with Crippen molar-refractivity contribution >= 4 is 5.95 Å². The second kappa shape index (κ2) is 6.23. The van der Waals surface area contributed by atoms with Gasteiger partial charge in [0, 0.05) is 32.5 Å². The van der Waals surface area contributed by atoms with Crippen molar-refractivity contribution in [1.82, 2.24) is 9.55 Å². The van der Waals surface area contributed by atoms with Gasteiger partial charge in [-0.3, -0.25) is 0 Å². The van der Waals surface area contributed by atoms with Crippen molar-refractivity contribution in [3.63, 3.8) is 0 Å². The molecule has 0 spiro atoms. The Labute approximate surface area is 110 Å². The van der Waals surface area contributed by atoms with E-state index in [1.807, 2.05) is 6.92 Å². The third kappa shape index (κ3) is 3.73. The molecule has 0 radical (unpaired) electrons. The van der Waals surface area contributed by atoms with Gasteiger partial charge >= 0.3 is 0 Å². The molecule has 1 fully saturated rings. The van der Waals surface area contributed by atoms with Crippen LogP contribution >= 0.6 is 0 Å². The molecular weight excluding hydrogens is 226 g/mol. The van der Waals surface area contributed by atoms with Gasteiger partial charge in [0.2, 0.25) is 5.95 Å². The zero-order chi connectivity index (χ0) is 13.0. The molecule has 0 saturated heterocycles. The van der Waals surface area contributed by atoms with Crippen LogP contribution in [-0.4, -0.2) is 29.3 Å². The van der Waals surface area contributed by atoms with E-state index < -0.39 is 0 Å². The SMILES string of the molecule is CCOCCCNc1nc(C)cn1CC1CC1C. The molecule has 2 rings (SSSR count). The van der Waals surface area contributed by atoms with Gasteiger partial charge in [-0.15, -0.1) is 0 Å². The van der Waals surface area contributed by atoms with E-state index in [2.05, 4.69) is 34.9 Å². The largest absolute Gasteiger partial charge is 0.382 e. The second-order valence-corrected chi connectivity index (χ2v) is 5.31. The first-order chi connectivity index (χ1) is 8.70. The van der Waals surface area contributed by atoms with E-state index in [1.165, 1.54) is 6.42 Å². The molecule has 2 atom stereocenters. The molecule has 1 N–H and O–H groups in total. The molecule has 0 amide bonds. The van der Waals surface area contributed by atoms with Gasteiger partial charge in [0.05, 0.1) is 5.69 Å². The summed E-state index contributed by atoms with van der Waals surface area (Å²) in [6, 6.07) is 0. The number of imidazole rings is 1. The predicted octanol–water partition coefficient (Wildman–Crippen LogP) is 2.69. The smallest absolute Gasteiger partial charge is 0.203 e. The maximum absolute atomic E-state index is 5.33. The van der Waals surface area contributed by atoms with Crippen molar-refractivity contribution < 1.29 is 4.74 Å². The van der Waals surface area contributed by atoms with Crippen molar-refractivity contribution in [3.8, 4) is 0 Å². The topological polar surface area (TPSA) is 39.1 Å². The maximum Gasteiger partial charge on any atom is 0.203 e. The van der Waals surface area contributed by atoms with Crippen LogP contribution in [-0.2, 0) is 11.3 Å². The molecule has 1 aliphatic rings. The van der Waals surface area contributed by atoms with Gasteiger partial charge in [-0.2, -0.15) is 0 Å². The highest BCUT2D eigenvalue weighted by Crippen LogP contribution is 2.39. The lowest BCUT2D eigenvalue weighted by Gasteiger charge is -2.09. The molecule has 1 aromatic rings. The number of rotatable bonds is 8. The summed E-state index contributed by atoms with van der Waals surface area (Å²) in [5, 5.41) is 3.41. The van der Waals surface area contributed by atoms with E-state index in [9.17, 15) is 0 Å². The third-order valence-corrected chi connectivity index (χ3v) is 3.56. The Kier molecular flexibility index (Phi) is 4.64. The number of hydrogen-bond acceptors (Lipinski definition) is 3. The summed E-state index contributed by atoms with van der Waals surface area (Å²) in [5.41, 5.74) is 1.09. The van der Waals surface area contributed by atoms with Crippen molar-refractivity contribution in [1.29, 1.82) is 0 Å². The third-order valence-electron chi connectivity index (χ3n) is 3.56. The van der Waals surface area contributed by atoms with Gasteiger partial charge in [-0.1, -0.05) is 6.92 Å². The molecule has 1 heterocycles. The van der Waals surface area contributed by atoms with E-state index in [0.717, 1.165) is 56.2 Å². The molecule has 0 aromatic carbocycles. The van der Waals surface area contributed by atoms with Crippen molar-refractivity contribution in [2.45, 2.75) is 40.2 Å². The first-order valence-corrected chi connectivity index (χ1v) is 7.06. The molecule has 2 unspecified atom stereocenters. The fraction of sp³-hybridized carbons (Fsp3) is 0.786. The molecule has 4 nitrogen and oxygen atoms in total. The summed E-state index contributed by atoms with van der Waals surface area (Å²) in [5.74, 6) is 2.75. The number of ether oxygens (including phenoxy) is 1. The molecule has 18 heavy (non-hydrogen) atoms. The highest BCUT2D eigenvalue weighted by atomic mass is 16.5. The van der Waals surface area contributed by atoms with Crippen LogP contribution in [0.5, 0.6) is 0 Å². The van der Waals surface area contributed by atoms with E-state index in [0.29, 0.717) is 0 Å². The predicted molar refractivity (Wildman–Crippen MR) is 73.8 cm³/mol. The summed E-state index contributed by atoms with van der Waals surface area (Å²) in [7, 11) is 0. The Hall–Kier alpha value is -1.03. The summed E-state index contributed by atoms with van der Waals surface area (Å²) in [6.07, 6.45) is 4.54. The molecule has 1 aromatic heterocycles. The normalized spacial score (nSPS) is 22.2. The summed E-state index contributed by atoms with van der Waals surface area (Å²) in [4.78, 5) is 4.55. The van der Waals surface area contributed by atoms with E-state index in [4.69, 9.17) is 4.74 Å². The fourth-order valence-corrected chi connectivity index (χ4v) is 2.25. The van der Waals surface area contributed by atoms with Crippen LogP contribution < -0.4 is 5.32 Å². The molecule has 0 aliphatic heterocycles. The van der Waals surface area contributed by atoms with Crippen LogP contribution in [0.3, 0.4) is 0 Å². The number of nitrogens with zero attached hydrogens (tertiary/aromatic N) is 2. The highest BCUT2D eigenvalue weighted by molar-refractivity contribution is 5.28. The Morgan fingerprint density at radius 1 is 1.56 bits per heavy atom. The van der Waals surface area contributed by atoms with Crippen LogP contribution in [0.15, 0.2) is 6.20 Å². The standard InChI is InChI=1S/C14H25N3O/c1-4-18-7-5-6-15-14-16-12(3)9-17(14)10-13-8-11(13)2/h9,11,13H,4-8,10H2,1-3H3,(H,15,16). The summed E-state index contributed by atoms with van der Waals surface area (Å²) < 4.78 is 7.60. The van der Waals surface area contributed by atoms with Crippen LogP contribution in [0.2, 0.25) is 0 Å². The lowest BCUT2D eigenvalue weighted by Crippen LogP contribution is -2.11. The van der Waals surface area contributed by atoms with Crippen LogP contribution in [0, 0.1) is 18.8 Å². The molecule has 1 saturated carbocycles. The van der Waals surface area contributed by atoms with E-state index in [1.54, 1.807) is 0 Å². The van der Waals surface area contributed by atoms with Gasteiger partial charge in [0.1, 0.15) is 0 Å². The summed E-state index contributed by atoms with van der Waals surface area (Å²) >= 11 is 0. The Bertz CT molecular complexity index is 375. The van der Waals surface area contributed by atoms with Gasteiger partial charge < -0.3 is 14.6 Å². The number of anilines is 1. The zero-order valence-electron chi connectivity index (χ0n) is 11.8. The van der Waals surface area contributed by atoms with Gasteiger partial charge in [-0.05, 0) is 38.5 Å².